The highest BCUT2D eigenvalue weighted by molar-refractivity contribution is 5.82. The summed E-state index contributed by atoms with van der Waals surface area (Å²) < 4.78 is 0. The van der Waals surface area contributed by atoms with E-state index in [0.717, 1.165) is 12.8 Å². The van der Waals surface area contributed by atoms with Gasteiger partial charge < -0.3 is 4.98 Å². The molecule has 0 spiro atoms. The molecular weight excluding hydrogens is 158 g/mol. The third kappa shape index (κ3) is 1.43. The van der Waals surface area contributed by atoms with E-state index in [1.165, 1.54) is 16.5 Å². The van der Waals surface area contributed by atoms with Gasteiger partial charge in [-0.15, -0.1) is 12.3 Å². The normalized spacial score (nSPS) is 10.1. The van der Waals surface area contributed by atoms with Crippen molar-refractivity contribution in [2.45, 2.75) is 12.8 Å². The third-order valence-electron chi connectivity index (χ3n) is 2.22. The lowest BCUT2D eigenvalue weighted by Gasteiger charge is -1.99. The Bertz CT molecular complexity index is 445. The number of aromatic amines is 1. The Hall–Kier alpha value is -1.68. The SMILES string of the molecule is C#CCCc1cccc2[nH]ccc12. The van der Waals surface area contributed by atoms with Gasteiger partial charge in [0.05, 0.1) is 0 Å². The Balaban J connectivity index is 2.44. The molecule has 0 amide bonds. The number of aryl methyl sites for hydroxylation is 1. The predicted molar refractivity (Wildman–Crippen MR) is 55.5 cm³/mol. The van der Waals surface area contributed by atoms with E-state index < -0.39 is 0 Å². The van der Waals surface area contributed by atoms with Crippen LogP contribution < -0.4 is 0 Å². The number of benzene rings is 1. The first kappa shape index (κ1) is 7.94. The Labute approximate surface area is 77.8 Å². The lowest BCUT2D eigenvalue weighted by Crippen LogP contribution is -1.83. The van der Waals surface area contributed by atoms with E-state index in [2.05, 4.69) is 35.2 Å². The predicted octanol–water partition coefficient (Wildman–Crippen LogP) is 2.73. The maximum Gasteiger partial charge on any atom is 0.0456 e. The fourth-order valence-corrected chi connectivity index (χ4v) is 1.58. The molecule has 1 aromatic heterocycles. The van der Waals surface area contributed by atoms with E-state index in [-0.39, 0.29) is 0 Å². The van der Waals surface area contributed by atoms with Crippen LogP contribution in [0.15, 0.2) is 30.5 Å². The molecule has 0 aliphatic heterocycles. The number of H-pyrrole nitrogens is 1. The van der Waals surface area contributed by atoms with E-state index >= 15 is 0 Å². The first-order chi connectivity index (χ1) is 6.42. The van der Waals surface area contributed by atoms with Crippen LogP contribution in [-0.4, -0.2) is 4.98 Å². The summed E-state index contributed by atoms with van der Waals surface area (Å²) in [5, 5.41) is 1.29. The molecular formula is C12H11N. The van der Waals surface area contributed by atoms with Crippen molar-refractivity contribution in [2.24, 2.45) is 0 Å². The molecule has 0 saturated carbocycles. The van der Waals surface area contributed by atoms with Crippen LogP contribution in [-0.2, 0) is 6.42 Å². The van der Waals surface area contributed by atoms with Gasteiger partial charge in [0.15, 0.2) is 0 Å². The van der Waals surface area contributed by atoms with Crippen LogP contribution in [0.4, 0.5) is 0 Å². The fourth-order valence-electron chi connectivity index (χ4n) is 1.58. The highest BCUT2D eigenvalue weighted by Crippen LogP contribution is 2.18. The van der Waals surface area contributed by atoms with Crippen LogP contribution >= 0.6 is 0 Å². The van der Waals surface area contributed by atoms with Gasteiger partial charge in [0.25, 0.3) is 0 Å². The van der Waals surface area contributed by atoms with Gasteiger partial charge in [-0.1, -0.05) is 12.1 Å². The molecule has 0 unspecified atom stereocenters. The molecule has 64 valence electrons. The summed E-state index contributed by atoms with van der Waals surface area (Å²) in [5.41, 5.74) is 2.52. The first-order valence-corrected chi connectivity index (χ1v) is 4.40. The average molecular weight is 169 g/mol. The van der Waals surface area contributed by atoms with Crippen LogP contribution in [0.5, 0.6) is 0 Å². The highest BCUT2D eigenvalue weighted by atomic mass is 14.7. The van der Waals surface area contributed by atoms with Crippen molar-refractivity contribution in [2.75, 3.05) is 0 Å². The smallest absolute Gasteiger partial charge is 0.0456 e. The minimum Gasteiger partial charge on any atom is -0.361 e. The molecule has 1 nitrogen and oxygen atoms in total. The number of hydrogen-bond donors (Lipinski definition) is 1. The van der Waals surface area contributed by atoms with E-state index in [1.54, 1.807) is 0 Å². The first-order valence-electron chi connectivity index (χ1n) is 4.40. The number of nitrogens with one attached hydrogen (secondary N) is 1. The quantitative estimate of drug-likeness (QED) is 0.665. The minimum absolute atomic E-state index is 0.810. The van der Waals surface area contributed by atoms with Gasteiger partial charge in [-0.05, 0) is 24.1 Å². The van der Waals surface area contributed by atoms with Crippen molar-refractivity contribution in [1.29, 1.82) is 0 Å². The molecule has 13 heavy (non-hydrogen) atoms. The Morgan fingerprint density at radius 2 is 2.23 bits per heavy atom. The van der Waals surface area contributed by atoms with Crippen molar-refractivity contribution in [3.63, 3.8) is 0 Å². The molecule has 0 radical (unpaired) electrons. The summed E-state index contributed by atoms with van der Waals surface area (Å²) in [4.78, 5) is 3.18. The van der Waals surface area contributed by atoms with Crippen molar-refractivity contribution in [3.05, 3.63) is 36.0 Å². The van der Waals surface area contributed by atoms with E-state index in [1.807, 2.05) is 6.20 Å². The second-order valence-corrected chi connectivity index (χ2v) is 3.06. The van der Waals surface area contributed by atoms with E-state index in [0.29, 0.717) is 0 Å². The van der Waals surface area contributed by atoms with Crippen LogP contribution in [0, 0.1) is 12.3 Å². The number of hydrogen-bond acceptors (Lipinski definition) is 0. The highest BCUT2D eigenvalue weighted by Gasteiger charge is 1.99. The Kier molecular flexibility index (Phi) is 2.06. The van der Waals surface area contributed by atoms with Crippen LogP contribution in [0.25, 0.3) is 10.9 Å². The van der Waals surface area contributed by atoms with E-state index in [9.17, 15) is 0 Å². The second-order valence-electron chi connectivity index (χ2n) is 3.06. The standard InChI is InChI=1S/C12H11N/c1-2-3-5-10-6-4-7-12-11(10)8-9-13-12/h1,4,6-9,13H,3,5H2. The van der Waals surface area contributed by atoms with Gasteiger partial charge in [-0.25, -0.2) is 0 Å². The van der Waals surface area contributed by atoms with Crippen LogP contribution in [0.1, 0.15) is 12.0 Å². The average Bonchev–Trinajstić information content (AvgIpc) is 2.62. The molecule has 0 fully saturated rings. The molecule has 0 bridgehead atoms. The largest absolute Gasteiger partial charge is 0.361 e. The molecule has 2 rings (SSSR count). The second kappa shape index (κ2) is 3.37. The van der Waals surface area contributed by atoms with Gasteiger partial charge in [-0.2, -0.15) is 0 Å². The van der Waals surface area contributed by atoms with Crippen molar-refractivity contribution in [3.8, 4) is 12.3 Å². The molecule has 0 aliphatic carbocycles. The van der Waals surface area contributed by atoms with Gasteiger partial charge in [0.2, 0.25) is 0 Å². The molecule has 1 N–H and O–H groups in total. The maximum absolute atomic E-state index is 5.24. The van der Waals surface area contributed by atoms with Gasteiger partial charge >= 0.3 is 0 Å². The summed E-state index contributed by atoms with van der Waals surface area (Å²) in [7, 11) is 0. The fraction of sp³-hybridized carbons (Fsp3) is 0.167. The van der Waals surface area contributed by atoms with Crippen LogP contribution in [0.3, 0.4) is 0 Å². The van der Waals surface area contributed by atoms with Gasteiger partial charge in [-0.3, -0.25) is 0 Å². The van der Waals surface area contributed by atoms with Gasteiger partial charge in [0.1, 0.15) is 0 Å². The lowest BCUT2D eigenvalue weighted by molar-refractivity contribution is 1.04. The molecule has 0 saturated heterocycles. The van der Waals surface area contributed by atoms with Crippen molar-refractivity contribution in [1.82, 2.24) is 4.98 Å². The molecule has 1 aromatic carbocycles. The van der Waals surface area contributed by atoms with Crippen LogP contribution in [0.2, 0.25) is 0 Å². The third-order valence-corrected chi connectivity index (χ3v) is 2.22. The summed E-state index contributed by atoms with van der Waals surface area (Å²) in [6.07, 6.45) is 8.97. The monoisotopic (exact) mass is 169 g/mol. The molecule has 1 heterocycles. The molecule has 1 heteroatoms. The number of terminal acetylenes is 1. The Morgan fingerprint density at radius 3 is 3.08 bits per heavy atom. The maximum atomic E-state index is 5.24. The molecule has 0 atom stereocenters. The zero-order valence-electron chi connectivity index (χ0n) is 7.38. The summed E-state index contributed by atoms with van der Waals surface area (Å²) >= 11 is 0. The van der Waals surface area contributed by atoms with Gasteiger partial charge in [0, 0.05) is 23.5 Å². The molecule has 2 aromatic rings. The van der Waals surface area contributed by atoms with E-state index in [4.69, 9.17) is 6.42 Å². The Morgan fingerprint density at radius 1 is 1.31 bits per heavy atom. The topological polar surface area (TPSA) is 15.8 Å². The molecule has 0 aliphatic rings. The van der Waals surface area contributed by atoms with Crippen molar-refractivity contribution >= 4 is 10.9 Å². The summed E-state index contributed by atoms with van der Waals surface area (Å²) in [5.74, 6) is 2.66. The lowest BCUT2D eigenvalue weighted by atomic mass is 10.1. The zero-order valence-corrected chi connectivity index (χ0v) is 7.38. The number of fused-ring (bicyclic) bond motifs is 1. The minimum atomic E-state index is 0.810. The summed E-state index contributed by atoms with van der Waals surface area (Å²) in [6.45, 7) is 0. The zero-order chi connectivity index (χ0) is 9.10. The van der Waals surface area contributed by atoms with Crippen molar-refractivity contribution < 1.29 is 0 Å². The number of aromatic nitrogens is 1. The number of rotatable bonds is 2. The summed E-state index contributed by atoms with van der Waals surface area (Å²) in [6, 6.07) is 8.37.